The van der Waals surface area contributed by atoms with Crippen LogP contribution in [0.15, 0.2) is 30.7 Å². The lowest BCUT2D eigenvalue weighted by Gasteiger charge is -2.12. The zero-order valence-corrected chi connectivity index (χ0v) is 11.0. The number of hydrogen-bond acceptors (Lipinski definition) is 4. The quantitative estimate of drug-likeness (QED) is 0.789. The summed E-state index contributed by atoms with van der Waals surface area (Å²) in [5.41, 5.74) is 1.05. The van der Waals surface area contributed by atoms with Gasteiger partial charge in [0.2, 0.25) is 0 Å². The van der Waals surface area contributed by atoms with Crippen LogP contribution in [0.2, 0.25) is 0 Å². The van der Waals surface area contributed by atoms with Crippen LogP contribution in [0.25, 0.3) is 11.5 Å². The SMILES string of the molecule is C#C[C@H](COC)NC(=O)c1ccnc(-c2ncc[nH]2)c1. The van der Waals surface area contributed by atoms with E-state index in [1.807, 2.05) is 0 Å². The van der Waals surface area contributed by atoms with Gasteiger partial charge < -0.3 is 15.0 Å². The average Bonchev–Trinajstić information content (AvgIpc) is 3.01. The van der Waals surface area contributed by atoms with E-state index in [-0.39, 0.29) is 12.5 Å². The normalized spacial score (nSPS) is 11.6. The number of H-pyrrole nitrogens is 1. The zero-order valence-electron chi connectivity index (χ0n) is 11.0. The van der Waals surface area contributed by atoms with E-state index >= 15 is 0 Å². The second-order valence-electron chi connectivity index (χ2n) is 4.02. The molecule has 0 aliphatic carbocycles. The summed E-state index contributed by atoms with van der Waals surface area (Å²) in [6.45, 7) is 0.262. The molecule has 6 nitrogen and oxygen atoms in total. The van der Waals surface area contributed by atoms with E-state index < -0.39 is 6.04 Å². The number of aromatic nitrogens is 3. The number of carbonyl (C=O) groups is 1. The number of amides is 1. The smallest absolute Gasteiger partial charge is 0.252 e. The highest BCUT2D eigenvalue weighted by Crippen LogP contribution is 2.12. The van der Waals surface area contributed by atoms with Gasteiger partial charge in [-0.2, -0.15) is 0 Å². The van der Waals surface area contributed by atoms with Crippen molar-refractivity contribution in [2.45, 2.75) is 6.04 Å². The van der Waals surface area contributed by atoms with Crippen molar-refractivity contribution in [2.24, 2.45) is 0 Å². The molecule has 1 amide bonds. The van der Waals surface area contributed by atoms with Gasteiger partial charge in [-0.25, -0.2) is 4.98 Å². The number of methoxy groups -OCH3 is 1. The number of pyridine rings is 1. The van der Waals surface area contributed by atoms with Crippen molar-refractivity contribution < 1.29 is 9.53 Å². The molecule has 2 heterocycles. The van der Waals surface area contributed by atoms with Crippen LogP contribution in [0.1, 0.15) is 10.4 Å². The summed E-state index contributed by atoms with van der Waals surface area (Å²) < 4.78 is 4.93. The molecule has 2 N–H and O–H groups in total. The Morgan fingerprint density at radius 3 is 3.05 bits per heavy atom. The average molecular weight is 270 g/mol. The van der Waals surface area contributed by atoms with Crippen molar-refractivity contribution in [3.05, 3.63) is 36.3 Å². The Labute approximate surface area is 116 Å². The number of terminal acetylenes is 1. The van der Waals surface area contributed by atoms with E-state index in [0.29, 0.717) is 17.1 Å². The molecule has 20 heavy (non-hydrogen) atoms. The maximum absolute atomic E-state index is 12.1. The standard InChI is InChI=1S/C14H14N4O2/c1-3-11(9-20-2)18-14(19)10-4-5-15-12(8-10)13-16-6-7-17-13/h1,4-8,11H,9H2,2H3,(H,16,17)(H,18,19)/t11-/m1/s1. The highest BCUT2D eigenvalue weighted by molar-refractivity contribution is 5.95. The van der Waals surface area contributed by atoms with Crippen LogP contribution in [0.5, 0.6) is 0 Å². The Kier molecular flexibility index (Phi) is 4.47. The molecule has 2 aromatic heterocycles. The van der Waals surface area contributed by atoms with E-state index in [1.165, 1.54) is 7.11 Å². The molecule has 0 fully saturated rings. The van der Waals surface area contributed by atoms with Gasteiger partial charge in [-0.1, -0.05) is 5.92 Å². The molecule has 0 saturated heterocycles. The van der Waals surface area contributed by atoms with Crippen LogP contribution < -0.4 is 5.32 Å². The minimum atomic E-state index is -0.465. The molecule has 0 saturated carbocycles. The number of rotatable bonds is 5. The number of nitrogens with zero attached hydrogens (tertiary/aromatic N) is 2. The van der Waals surface area contributed by atoms with Crippen molar-refractivity contribution in [1.29, 1.82) is 0 Å². The van der Waals surface area contributed by atoms with Crippen molar-refractivity contribution in [3.63, 3.8) is 0 Å². The number of imidazole rings is 1. The fourth-order valence-corrected chi connectivity index (χ4v) is 1.65. The number of carbonyl (C=O) groups excluding carboxylic acids is 1. The van der Waals surface area contributed by atoms with Crippen molar-refractivity contribution >= 4 is 5.91 Å². The predicted molar refractivity (Wildman–Crippen MR) is 73.8 cm³/mol. The number of nitrogens with one attached hydrogen (secondary N) is 2. The van der Waals surface area contributed by atoms with Crippen LogP contribution >= 0.6 is 0 Å². The van der Waals surface area contributed by atoms with Gasteiger partial charge in [-0.15, -0.1) is 6.42 Å². The molecule has 6 heteroatoms. The molecule has 2 aromatic rings. The summed E-state index contributed by atoms with van der Waals surface area (Å²) in [7, 11) is 1.53. The first-order chi connectivity index (χ1) is 9.74. The van der Waals surface area contributed by atoms with Gasteiger partial charge in [-0.05, 0) is 12.1 Å². The van der Waals surface area contributed by atoms with Gasteiger partial charge >= 0.3 is 0 Å². The third-order valence-corrected chi connectivity index (χ3v) is 2.60. The molecule has 0 aliphatic rings. The molecular weight excluding hydrogens is 256 g/mol. The predicted octanol–water partition coefficient (Wildman–Crippen LogP) is 0.850. The highest BCUT2D eigenvalue weighted by Gasteiger charge is 2.13. The van der Waals surface area contributed by atoms with Gasteiger partial charge in [0.05, 0.1) is 6.61 Å². The van der Waals surface area contributed by atoms with Gasteiger partial charge in [0.1, 0.15) is 11.7 Å². The van der Waals surface area contributed by atoms with Gasteiger partial charge in [-0.3, -0.25) is 9.78 Å². The van der Waals surface area contributed by atoms with E-state index in [4.69, 9.17) is 11.2 Å². The maximum atomic E-state index is 12.1. The summed E-state index contributed by atoms with van der Waals surface area (Å²) in [6.07, 6.45) is 10.2. The van der Waals surface area contributed by atoms with Crippen LogP contribution in [0.4, 0.5) is 0 Å². The monoisotopic (exact) mass is 270 g/mol. The fraction of sp³-hybridized carbons (Fsp3) is 0.214. The molecule has 0 unspecified atom stereocenters. The van der Waals surface area contributed by atoms with E-state index in [9.17, 15) is 4.79 Å². The second kappa shape index (κ2) is 6.50. The van der Waals surface area contributed by atoms with Crippen molar-refractivity contribution in [2.75, 3.05) is 13.7 Å². The van der Waals surface area contributed by atoms with Crippen molar-refractivity contribution in [1.82, 2.24) is 20.3 Å². The van der Waals surface area contributed by atoms with Crippen molar-refractivity contribution in [3.8, 4) is 23.9 Å². The maximum Gasteiger partial charge on any atom is 0.252 e. The third-order valence-electron chi connectivity index (χ3n) is 2.60. The Hall–Kier alpha value is -2.65. The van der Waals surface area contributed by atoms with Gasteiger partial charge in [0.15, 0.2) is 5.82 Å². The lowest BCUT2D eigenvalue weighted by atomic mass is 10.2. The van der Waals surface area contributed by atoms with Crippen LogP contribution in [0, 0.1) is 12.3 Å². The lowest BCUT2D eigenvalue weighted by molar-refractivity contribution is 0.0919. The topological polar surface area (TPSA) is 79.9 Å². The first-order valence-corrected chi connectivity index (χ1v) is 5.96. The summed E-state index contributed by atoms with van der Waals surface area (Å²) >= 11 is 0. The Morgan fingerprint density at radius 2 is 2.40 bits per heavy atom. The van der Waals surface area contributed by atoms with E-state index in [1.54, 1.807) is 30.7 Å². The number of hydrogen-bond donors (Lipinski definition) is 2. The first kappa shape index (κ1) is 13.8. The number of ether oxygens (including phenoxy) is 1. The molecule has 0 bridgehead atoms. The highest BCUT2D eigenvalue weighted by atomic mass is 16.5. The molecule has 0 aliphatic heterocycles. The molecule has 2 rings (SSSR count). The minimum Gasteiger partial charge on any atom is -0.382 e. The van der Waals surface area contributed by atoms with Crippen LogP contribution in [-0.2, 0) is 4.74 Å². The molecule has 0 aromatic carbocycles. The van der Waals surface area contributed by atoms with Crippen LogP contribution in [0.3, 0.4) is 0 Å². The Bertz CT molecular complexity index is 616. The molecule has 0 spiro atoms. The zero-order chi connectivity index (χ0) is 14.4. The molecule has 0 radical (unpaired) electrons. The van der Waals surface area contributed by atoms with E-state index in [0.717, 1.165) is 0 Å². The lowest BCUT2D eigenvalue weighted by Crippen LogP contribution is -2.36. The molecule has 1 atom stereocenters. The Balaban J connectivity index is 2.15. The fourth-order valence-electron chi connectivity index (χ4n) is 1.65. The number of aromatic amines is 1. The van der Waals surface area contributed by atoms with Crippen LogP contribution in [-0.4, -0.2) is 40.6 Å². The minimum absolute atomic E-state index is 0.262. The molecule has 102 valence electrons. The summed E-state index contributed by atoms with van der Waals surface area (Å²) in [6, 6.07) is 2.80. The summed E-state index contributed by atoms with van der Waals surface area (Å²) in [4.78, 5) is 23.3. The largest absolute Gasteiger partial charge is 0.382 e. The third kappa shape index (κ3) is 3.22. The van der Waals surface area contributed by atoms with E-state index in [2.05, 4.69) is 26.2 Å². The summed E-state index contributed by atoms with van der Waals surface area (Å²) in [5, 5.41) is 2.70. The summed E-state index contributed by atoms with van der Waals surface area (Å²) in [5.74, 6) is 2.78. The van der Waals surface area contributed by atoms with Gasteiger partial charge in [0.25, 0.3) is 5.91 Å². The van der Waals surface area contributed by atoms with Gasteiger partial charge in [0, 0.05) is 31.3 Å². The second-order valence-corrected chi connectivity index (χ2v) is 4.02. The first-order valence-electron chi connectivity index (χ1n) is 5.96. The Morgan fingerprint density at radius 1 is 1.55 bits per heavy atom. The molecular formula is C14H14N4O2.